The first-order valence-electron chi connectivity index (χ1n) is 10.0. The Hall–Kier alpha value is -2.98. The van der Waals surface area contributed by atoms with E-state index in [1.807, 2.05) is 6.07 Å². The smallest absolute Gasteiger partial charge is 0.161 e. The minimum atomic E-state index is 0.136. The number of nitrogens with one attached hydrogen (secondary N) is 1. The van der Waals surface area contributed by atoms with Gasteiger partial charge in [-0.3, -0.25) is 0 Å². The molecular weight excluding hydrogens is 362 g/mol. The van der Waals surface area contributed by atoms with Crippen molar-refractivity contribution in [3.8, 4) is 17.2 Å². The molecule has 29 heavy (non-hydrogen) atoms. The molecule has 0 spiro atoms. The Morgan fingerprint density at radius 3 is 2.34 bits per heavy atom. The van der Waals surface area contributed by atoms with Gasteiger partial charge < -0.3 is 19.5 Å². The summed E-state index contributed by atoms with van der Waals surface area (Å²) >= 11 is 0. The Morgan fingerprint density at radius 2 is 1.62 bits per heavy atom. The van der Waals surface area contributed by atoms with Gasteiger partial charge in [0.2, 0.25) is 0 Å². The van der Waals surface area contributed by atoms with Crippen molar-refractivity contribution < 1.29 is 14.2 Å². The van der Waals surface area contributed by atoms with Crippen molar-refractivity contribution in [1.29, 1.82) is 0 Å². The lowest BCUT2D eigenvalue weighted by atomic mass is 9.89. The largest absolute Gasteiger partial charge is 0.493 e. The van der Waals surface area contributed by atoms with Crippen LogP contribution in [0.1, 0.15) is 28.3 Å². The van der Waals surface area contributed by atoms with E-state index in [9.17, 15) is 0 Å². The first-order valence-corrected chi connectivity index (χ1v) is 10.0. The van der Waals surface area contributed by atoms with E-state index in [1.165, 1.54) is 22.3 Å². The third-order valence-corrected chi connectivity index (χ3v) is 5.41. The highest BCUT2D eigenvalue weighted by atomic mass is 16.5. The maximum atomic E-state index is 5.93. The van der Waals surface area contributed by atoms with Crippen LogP contribution >= 0.6 is 0 Å². The van der Waals surface area contributed by atoms with Gasteiger partial charge in [0.15, 0.2) is 11.5 Å². The Bertz CT molecular complexity index is 938. The highest BCUT2D eigenvalue weighted by Crippen LogP contribution is 2.37. The molecule has 1 heterocycles. The molecule has 4 heteroatoms. The van der Waals surface area contributed by atoms with Crippen molar-refractivity contribution in [1.82, 2.24) is 5.32 Å². The van der Waals surface area contributed by atoms with E-state index in [2.05, 4.69) is 66.0 Å². The molecule has 4 nitrogen and oxygen atoms in total. The first kappa shape index (κ1) is 19.3. The van der Waals surface area contributed by atoms with Crippen molar-refractivity contribution in [3.63, 3.8) is 0 Å². The van der Waals surface area contributed by atoms with Crippen LogP contribution in [0.15, 0.2) is 66.7 Å². The molecular formula is C25H27NO3. The summed E-state index contributed by atoms with van der Waals surface area (Å²) in [5.41, 5.74) is 5.05. The van der Waals surface area contributed by atoms with Crippen molar-refractivity contribution in [2.45, 2.75) is 18.9 Å². The standard InChI is InChI=1S/C25H27NO3/c1-27-23-16-20-12-14-26-25(22(20)17-24(23)28-2)19-8-10-21(11-9-19)29-15-13-18-6-4-3-5-7-18/h3-11,16-17,25-26H,12-15H2,1-2H3. The van der Waals surface area contributed by atoms with Crippen molar-refractivity contribution in [2.75, 3.05) is 27.4 Å². The van der Waals surface area contributed by atoms with E-state index in [0.717, 1.165) is 36.6 Å². The molecule has 0 aromatic heterocycles. The van der Waals surface area contributed by atoms with E-state index < -0.39 is 0 Å². The first-order chi connectivity index (χ1) is 14.3. The molecule has 1 N–H and O–H groups in total. The lowest BCUT2D eigenvalue weighted by molar-refractivity contribution is 0.322. The second kappa shape index (κ2) is 9.01. The third kappa shape index (κ3) is 4.38. The lowest BCUT2D eigenvalue weighted by Gasteiger charge is -2.28. The normalized spacial score (nSPS) is 15.4. The molecule has 0 radical (unpaired) electrons. The average molecular weight is 389 g/mol. The summed E-state index contributed by atoms with van der Waals surface area (Å²) in [4.78, 5) is 0. The minimum Gasteiger partial charge on any atom is -0.493 e. The topological polar surface area (TPSA) is 39.7 Å². The summed E-state index contributed by atoms with van der Waals surface area (Å²) in [6.45, 7) is 1.60. The molecule has 3 aromatic carbocycles. The van der Waals surface area contributed by atoms with Crippen LogP contribution in [-0.4, -0.2) is 27.4 Å². The minimum absolute atomic E-state index is 0.136. The molecule has 0 amide bonds. The van der Waals surface area contributed by atoms with Crippen LogP contribution < -0.4 is 19.5 Å². The van der Waals surface area contributed by atoms with Gasteiger partial charge in [-0.05, 0) is 52.9 Å². The Morgan fingerprint density at radius 1 is 0.897 bits per heavy atom. The molecule has 4 rings (SSSR count). The van der Waals surface area contributed by atoms with Crippen molar-refractivity contribution in [2.24, 2.45) is 0 Å². The predicted molar refractivity (Wildman–Crippen MR) is 115 cm³/mol. The molecule has 0 saturated heterocycles. The zero-order valence-electron chi connectivity index (χ0n) is 17.0. The molecule has 0 saturated carbocycles. The number of hydrogen-bond donors (Lipinski definition) is 1. The maximum Gasteiger partial charge on any atom is 0.161 e. The Balaban J connectivity index is 1.47. The summed E-state index contributed by atoms with van der Waals surface area (Å²) in [5.74, 6) is 2.45. The summed E-state index contributed by atoms with van der Waals surface area (Å²) < 4.78 is 16.9. The fraction of sp³-hybridized carbons (Fsp3) is 0.280. The van der Waals surface area contributed by atoms with Crippen LogP contribution in [0.4, 0.5) is 0 Å². The number of benzene rings is 3. The van der Waals surface area contributed by atoms with Gasteiger partial charge >= 0.3 is 0 Å². The summed E-state index contributed by atoms with van der Waals surface area (Å²) in [6, 6.07) is 23.1. The van der Waals surface area contributed by atoms with Gasteiger partial charge in [-0.15, -0.1) is 0 Å². The van der Waals surface area contributed by atoms with E-state index in [-0.39, 0.29) is 6.04 Å². The predicted octanol–water partition coefficient (Wildman–Crippen LogP) is 4.56. The molecule has 150 valence electrons. The van der Waals surface area contributed by atoms with Gasteiger partial charge in [0, 0.05) is 13.0 Å². The van der Waals surface area contributed by atoms with Crippen LogP contribution in [0.5, 0.6) is 17.2 Å². The van der Waals surface area contributed by atoms with E-state index >= 15 is 0 Å². The van der Waals surface area contributed by atoms with Crippen LogP contribution in [0.2, 0.25) is 0 Å². The van der Waals surface area contributed by atoms with E-state index in [4.69, 9.17) is 14.2 Å². The molecule has 1 aliphatic heterocycles. The maximum absolute atomic E-state index is 5.93. The van der Waals surface area contributed by atoms with Gasteiger partial charge in [-0.2, -0.15) is 0 Å². The van der Waals surface area contributed by atoms with Gasteiger partial charge in [0.1, 0.15) is 5.75 Å². The van der Waals surface area contributed by atoms with E-state index in [1.54, 1.807) is 14.2 Å². The average Bonchev–Trinajstić information content (AvgIpc) is 2.79. The van der Waals surface area contributed by atoms with Crippen molar-refractivity contribution >= 4 is 0 Å². The second-order valence-electron chi connectivity index (χ2n) is 7.20. The fourth-order valence-corrected chi connectivity index (χ4v) is 3.87. The monoisotopic (exact) mass is 389 g/mol. The third-order valence-electron chi connectivity index (χ3n) is 5.41. The number of ether oxygens (including phenoxy) is 3. The number of hydrogen-bond acceptors (Lipinski definition) is 4. The molecule has 1 atom stereocenters. The zero-order valence-corrected chi connectivity index (χ0v) is 17.0. The highest BCUT2D eigenvalue weighted by Gasteiger charge is 2.23. The summed E-state index contributed by atoms with van der Waals surface area (Å²) in [6.07, 6.45) is 1.88. The van der Waals surface area contributed by atoms with Gasteiger partial charge in [-0.25, -0.2) is 0 Å². The van der Waals surface area contributed by atoms with Crippen LogP contribution in [0, 0.1) is 0 Å². The SMILES string of the molecule is COc1cc2c(cc1OC)C(c1ccc(OCCc3ccccc3)cc1)NCC2. The quantitative estimate of drug-likeness (QED) is 0.643. The molecule has 3 aromatic rings. The second-order valence-corrected chi connectivity index (χ2v) is 7.20. The van der Waals surface area contributed by atoms with Crippen LogP contribution in [0.25, 0.3) is 0 Å². The fourth-order valence-electron chi connectivity index (χ4n) is 3.87. The van der Waals surface area contributed by atoms with Gasteiger partial charge in [0.05, 0.1) is 26.9 Å². The lowest BCUT2D eigenvalue weighted by Crippen LogP contribution is -2.30. The molecule has 1 aliphatic rings. The van der Waals surface area contributed by atoms with Gasteiger partial charge in [-0.1, -0.05) is 42.5 Å². The number of fused-ring (bicyclic) bond motifs is 1. The van der Waals surface area contributed by atoms with Crippen LogP contribution in [0.3, 0.4) is 0 Å². The molecule has 1 unspecified atom stereocenters. The summed E-state index contributed by atoms with van der Waals surface area (Å²) in [7, 11) is 3.36. The molecule has 0 fully saturated rings. The molecule has 0 aliphatic carbocycles. The summed E-state index contributed by atoms with van der Waals surface area (Å²) in [5, 5.41) is 3.63. The van der Waals surface area contributed by atoms with Crippen LogP contribution in [-0.2, 0) is 12.8 Å². The molecule has 0 bridgehead atoms. The Labute approximate surface area is 172 Å². The highest BCUT2D eigenvalue weighted by molar-refractivity contribution is 5.51. The number of methoxy groups -OCH3 is 2. The van der Waals surface area contributed by atoms with E-state index in [0.29, 0.717) is 6.61 Å². The zero-order chi connectivity index (χ0) is 20.1. The number of rotatable bonds is 7. The Kier molecular flexibility index (Phi) is 6.01. The van der Waals surface area contributed by atoms with Crippen molar-refractivity contribution in [3.05, 3.63) is 89.0 Å². The van der Waals surface area contributed by atoms with Gasteiger partial charge in [0.25, 0.3) is 0 Å².